The number of hydrogen-bond acceptors (Lipinski definition) is 4. The maximum atomic E-state index is 12.7. The summed E-state index contributed by atoms with van der Waals surface area (Å²) in [7, 11) is 1.71. The standard InChI is InChI=1S/C22H25N3O4/c1-5-14-9-17-16-6-7-23-11-18(16)21(26)25(4)19(17)10-20(14)29-12-15(8-13(2)3)24-22(27)28/h5-7,9-11,13,15,24H,1,8,12H2,2-4H3,(H,27,28). The number of ether oxygens (including phenoxy) is 1. The molecule has 7 heteroatoms. The van der Waals surface area contributed by atoms with Crippen LogP contribution < -0.4 is 15.6 Å². The number of nitrogens with zero attached hydrogens (tertiary/aromatic N) is 2. The van der Waals surface area contributed by atoms with Crippen molar-refractivity contribution in [2.24, 2.45) is 13.0 Å². The van der Waals surface area contributed by atoms with E-state index in [0.717, 1.165) is 21.9 Å². The Labute approximate surface area is 168 Å². The van der Waals surface area contributed by atoms with Crippen molar-refractivity contribution in [2.75, 3.05) is 6.61 Å². The van der Waals surface area contributed by atoms with Gasteiger partial charge in [0.25, 0.3) is 5.56 Å². The molecule has 0 aliphatic heterocycles. The molecule has 2 aromatic heterocycles. The van der Waals surface area contributed by atoms with Crippen molar-refractivity contribution in [1.82, 2.24) is 14.9 Å². The number of aryl methyl sites for hydroxylation is 1. The van der Waals surface area contributed by atoms with Gasteiger partial charge in [-0.2, -0.15) is 0 Å². The highest BCUT2D eigenvalue weighted by Crippen LogP contribution is 2.30. The topological polar surface area (TPSA) is 93.5 Å². The van der Waals surface area contributed by atoms with Crippen molar-refractivity contribution in [2.45, 2.75) is 26.3 Å². The van der Waals surface area contributed by atoms with E-state index in [0.29, 0.717) is 23.5 Å². The number of rotatable bonds is 7. The predicted octanol–water partition coefficient (Wildman–Crippen LogP) is 3.79. The summed E-state index contributed by atoms with van der Waals surface area (Å²) < 4.78 is 7.55. The molecule has 1 aromatic carbocycles. The molecule has 0 radical (unpaired) electrons. The number of fused-ring (bicyclic) bond motifs is 3. The number of aromatic nitrogens is 2. The molecular formula is C22H25N3O4. The molecule has 1 atom stereocenters. The summed E-state index contributed by atoms with van der Waals surface area (Å²) in [5, 5.41) is 13.8. The van der Waals surface area contributed by atoms with Crippen molar-refractivity contribution in [1.29, 1.82) is 0 Å². The molecule has 7 nitrogen and oxygen atoms in total. The molecular weight excluding hydrogens is 370 g/mol. The minimum absolute atomic E-state index is 0.136. The molecule has 0 bridgehead atoms. The Morgan fingerprint density at radius 3 is 2.76 bits per heavy atom. The van der Waals surface area contributed by atoms with Crippen LogP contribution in [0.1, 0.15) is 25.8 Å². The van der Waals surface area contributed by atoms with Crippen molar-refractivity contribution in [3.8, 4) is 5.75 Å². The summed E-state index contributed by atoms with van der Waals surface area (Å²) in [5.41, 5.74) is 1.36. The van der Waals surface area contributed by atoms with E-state index in [1.165, 1.54) is 0 Å². The lowest BCUT2D eigenvalue weighted by Gasteiger charge is -2.21. The highest BCUT2D eigenvalue weighted by Gasteiger charge is 2.17. The van der Waals surface area contributed by atoms with Gasteiger partial charge in [0, 0.05) is 36.5 Å². The first-order valence-corrected chi connectivity index (χ1v) is 9.47. The number of benzene rings is 1. The van der Waals surface area contributed by atoms with E-state index in [9.17, 15) is 9.59 Å². The summed E-state index contributed by atoms with van der Waals surface area (Å²) in [6.45, 7) is 8.11. The zero-order valence-corrected chi connectivity index (χ0v) is 16.8. The minimum atomic E-state index is -1.08. The molecule has 152 valence electrons. The van der Waals surface area contributed by atoms with Gasteiger partial charge in [0.1, 0.15) is 12.4 Å². The molecule has 0 fully saturated rings. The van der Waals surface area contributed by atoms with Gasteiger partial charge in [-0.25, -0.2) is 4.79 Å². The second-order valence-corrected chi connectivity index (χ2v) is 7.48. The van der Waals surface area contributed by atoms with E-state index in [-0.39, 0.29) is 18.2 Å². The number of carbonyl (C=O) groups is 1. The smallest absolute Gasteiger partial charge is 0.404 e. The second kappa shape index (κ2) is 8.34. The molecule has 0 aliphatic carbocycles. The Hall–Kier alpha value is -3.35. The predicted molar refractivity (Wildman–Crippen MR) is 114 cm³/mol. The van der Waals surface area contributed by atoms with Crippen LogP contribution >= 0.6 is 0 Å². The van der Waals surface area contributed by atoms with Gasteiger partial charge in [-0.3, -0.25) is 9.78 Å². The highest BCUT2D eigenvalue weighted by atomic mass is 16.5. The molecule has 0 saturated carbocycles. The largest absolute Gasteiger partial charge is 0.491 e. The Balaban J connectivity index is 2.05. The summed E-state index contributed by atoms with van der Waals surface area (Å²) in [4.78, 5) is 27.8. The van der Waals surface area contributed by atoms with Crippen LogP contribution in [0.2, 0.25) is 0 Å². The number of pyridine rings is 2. The number of amides is 1. The molecule has 0 spiro atoms. The maximum Gasteiger partial charge on any atom is 0.404 e. The van der Waals surface area contributed by atoms with E-state index < -0.39 is 6.09 Å². The van der Waals surface area contributed by atoms with Crippen LogP contribution in [0, 0.1) is 5.92 Å². The molecule has 1 amide bonds. The lowest BCUT2D eigenvalue weighted by atomic mass is 10.0. The fourth-order valence-electron chi connectivity index (χ4n) is 3.56. The first kappa shape index (κ1) is 20.4. The van der Waals surface area contributed by atoms with Gasteiger partial charge in [0.15, 0.2) is 0 Å². The molecule has 29 heavy (non-hydrogen) atoms. The van der Waals surface area contributed by atoms with Gasteiger partial charge in [-0.05, 0) is 29.9 Å². The van der Waals surface area contributed by atoms with E-state index in [1.54, 1.807) is 36.2 Å². The van der Waals surface area contributed by atoms with Crippen LogP contribution in [0.5, 0.6) is 5.75 Å². The molecule has 3 aromatic rings. The second-order valence-electron chi connectivity index (χ2n) is 7.48. The minimum Gasteiger partial charge on any atom is -0.491 e. The number of hydrogen-bond donors (Lipinski definition) is 2. The molecule has 2 heterocycles. The van der Waals surface area contributed by atoms with Crippen LogP contribution in [-0.2, 0) is 7.05 Å². The van der Waals surface area contributed by atoms with Crippen LogP contribution in [-0.4, -0.2) is 33.4 Å². The van der Waals surface area contributed by atoms with Gasteiger partial charge >= 0.3 is 6.09 Å². The van der Waals surface area contributed by atoms with Crippen molar-refractivity contribution >= 4 is 33.8 Å². The third-order valence-corrected chi connectivity index (χ3v) is 4.88. The third-order valence-electron chi connectivity index (χ3n) is 4.88. The normalized spacial score (nSPS) is 12.3. The maximum absolute atomic E-state index is 12.7. The quantitative estimate of drug-likeness (QED) is 0.594. The average molecular weight is 395 g/mol. The van der Waals surface area contributed by atoms with E-state index in [4.69, 9.17) is 9.84 Å². The Morgan fingerprint density at radius 2 is 2.10 bits per heavy atom. The lowest BCUT2D eigenvalue weighted by Crippen LogP contribution is -2.39. The van der Waals surface area contributed by atoms with E-state index in [1.807, 2.05) is 26.0 Å². The molecule has 1 unspecified atom stereocenters. The average Bonchev–Trinajstić information content (AvgIpc) is 2.68. The van der Waals surface area contributed by atoms with Gasteiger partial charge in [0.05, 0.1) is 16.9 Å². The van der Waals surface area contributed by atoms with Crippen molar-refractivity contribution in [3.05, 3.63) is 53.1 Å². The van der Waals surface area contributed by atoms with Crippen molar-refractivity contribution < 1.29 is 14.6 Å². The Bertz CT molecular complexity index is 1130. The first-order chi connectivity index (χ1) is 13.8. The zero-order chi connectivity index (χ0) is 21.1. The summed E-state index contributed by atoms with van der Waals surface area (Å²) in [6, 6.07) is 5.22. The molecule has 3 rings (SSSR count). The highest BCUT2D eigenvalue weighted by molar-refractivity contribution is 6.06. The van der Waals surface area contributed by atoms with Crippen LogP contribution in [0.3, 0.4) is 0 Å². The van der Waals surface area contributed by atoms with Gasteiger partial charge in [-0.1, -0.05) is 26.5 Å². The number of nitrogens with one attached hydrogen (secondary N) is 1. The number of carboxylic acid groups (broad SMARTS) is 1. The third kappa shape index (κ3) is 4.23. The van der Waals surface area contributed by atoms with Crippen LogP contribution in [0.25, 0.3) is 27.8 Å². The van der Waals surface area contributed by atoms with Gasteiger partial charge in [-0.15, -0.1) is 0 Å². The summed E-state index contributed by atoms with van der Waals surface area (Å²) in [6.07, 6.45) is 4.49. The molecule has 0 saturated heterocycles. The monoisotopic (exact) mass is 395 g/mol. The summed E-state index contributed by atoms with van der Waals surface area (Å²) in [5.74, 6) is 0.864. The lowest BCUT2D eigenvalue weighted by molar-refractivity contribution is 0.176. The van der Waals surface area contributed by atoms with Crippen LogP contribution in [0.4, 0.5) is 4.79 Å². The fraction of sp³-hybridized carbons (Fsp3) is 0.318. The fourth-order valence-corrected chi connectivity index (χ4v) is 3.56. The van der Waals surface area contributed by atoms with E-state index in [2.05, 4.69) is 16.9 Å². The van der Waals surface area contributed by atoms with Gasteiger partial charge in [0.2, 0.25) is 0 Å². The van der Waals surface area contributed by atoms with Crippen molar-refractivity contribution in [3.63, 3.8) is 0 Å². The molecule has 0 aliphatic rings. The van der Waals surface area contributed by atoms with Crippen LogP contribution in [0.15, 0.2) is 42.0 Å². The van der Waals surface area contributed by atoms with E-state index >= 15 is 0 Å². The molecule has 2 N–H and O–H groups in total. The van der Waals surface area contributed by atoms with Gasteiger partial charge < -0.3 is 19.7 Å². The SMILES string of the molecule is C=Cc1cc2c3ccncc3c(=O)n(C)c2cc1OCC(CC(C)C)NC(=O)O. The Morgan fingerprint density at radius 1 is 1.34 bits per heavy atom. The first-order valence-electron chi connectivity index (χ1n) is 9.47. The summed E-state index contributed by atoms with van der Waals surface area (Å²) >= 11 is 0. The zero-order valence-electron chi connectivity index (χ0n) is 16.8. The Kier molecular flexibility index (Phi) is 5.87.